The Morgan fingerprint density at radius 1 is 0.843 bits per heavy atom. The van der Waals surface area contributed by atoms with Crippen LogP contribution >= 0.6 is 0 Å². The van der Waals surface area contributed by atoms with E-state index in [-0.39, 0.29) is 72.8 Å². The molecule has 28 nitrogen and oxygen atoms in total. The van der Waals surface area contributed by atoms with Crippen molar-refractivity contribution in [1.29, 1.82) is 0 Å². The Labute approximate surface area is 634 Å². The zero-order valence-electron chi connectivity index (χ0n) is 64.9. The number of ether oxygens (including phenoxy) is 8. The van der Waals surface area contributed by atoms with Gasteiger partial charge in [-0.15, -0.1) is 0 Å². The molecule has 2 saturated heterocycles. The first kappa shape index (κ1) is 84.4. The van der Waals surface area contributed by atoms with Crippen molar-refractivity contribution in [3.8, 4) is 11.3 Å². The third-order valence-electron chi connectivity index (χ3n) is 22.0. The Bertz CT molecular complexity index is 3890. The number of unbranched alkanes of at least 4 members (excludes halogenated alkanes) is 1. The number of Topliss-reactive ketones (excluding diaryl/α,β-unsaturated/α-hetero) is 3. The van der Waals surface area contributed by atoms with E-state index in [9.17, 15) is 39.0 Å². The molecule has 1 saturated carbocycles. The minimum absolute atomic E-state index is 0.0270. The van der Waals surface area contributed by atoms with E-state index in [1.54, 1.807) is 53.5 Å². The fourth-order valence-electron chi connectivity index (χ4n) is 15.6. The number of oxazole rings is 1. The van der Waals surface area contributed by atoms with Crippen molar-refractivity contribution < 1.29 is 81.3 Å². The molecule has 594 valence electrons. The topological polar surface area (TPSA) is 371 Å². The van der Waals surface area contributed by atoms with Crippen LogP contribution in [0.5, 0.6) is 0 Å². The molecule has 7 N–H and O–H groups in total. The quantitative estimate of drug-likeness (QED) is 0.0149. The SMILES string of the molecule is CO[C@H]1C[C@@H]2CC[C@@H](C)[C@@](O)(O2)C(=O)C(=O)N2CCCC[C@H]2C(=O)O[C@H]([C@H](C)C[C@@H]2CC[C@@H](OCCOCc3cn(CCCOCCCC(=O)NCCCCn4nc(-c5ccc6oc(N)nc6c5)c5c(N)ncnc54)cn3)[C@H](OC)C2)CC(=O)[C@H](C)/C=C(\C)[C@@H](O)[C@@H](OC)C(=O)[C@H](C)C[C@H](C)CCC=CC=C1C. The van der Waals surface area contributed by atoms with E-state index in [0.29, 0.717) is 163 Å². The van der Waals surface area contributed by atoms with E-state index in [1.165, 1.54) is 18.3 Å². The highest BCUT2D eigenvalue weighted by Crippen LogP contribution is 2.39. The van der Waals surface area contributed by atoms with E-state index in [4.69, 9.17) is 58.9 Å². The number of imidazole rings is 1. The van der Waals surface area contributed by atoms with Gasteiger partial charge < -0.3 is 78.8 Å². The molecule has 108 heavy (non-hydrogen) atoms. The van der Waals surface area contributed by atoms with Crippen LogP contribution in [0.2, 0.25) is 0 Å². The van der Waals surface area contributed by atoms with Gasteiger partial charge in [-0.25, -0.2) is 24.4 Å². The highest BCUT2D eigenvalue weighted by atomic mass is 16.6. The zero-order valence-corrected chi connectivity index (χ0v) is 64.9. The van der Waals surface area contributed by atoms with Crippen molar-refractivity contribution in [2.24, 2.45) is 35.5 Å². The summed E-state index contributed by atoms with van der Waals surface area (Å²) >= 11 is 0. The number of anilines is 2. The average Bonchev–Trinajstić information content (AvgIpc) is 1.29. The summed E-state index contributed by atoms with van der Waals surface area (Å²) in [6.07, 6.45) is 18.1. The molecule has 0 unspecified atom stereocenters. The molecule has 3 aliphatic heterocycles. The molecule has 2 bridgehead atoms. The molecule has 3 fully saturated rings. The molecule has 4 aliphatic rings. The number of nitrogens with zero attached hydrogens (tertiary/aromatic N) is 8. The van der Waals surface area contributed by atoms with Gasteiger partial charge >= 0.3 is 5.97 Å². The van der Waals surface area contributed by atoms with Crippen LogP contribution in [0.3, 0.4) is 0 Å². The number of ketones is 3. The number of aliphatic hydroxyl groups excluding tert-OH is 1. The van der Waals surface area contributed by atoms with Crippen molar-refractivity contribution in [2.75, 3.05) is 72.3 Å². The number of rotatable bonds is 26. The second-order valence-corrected chi connectivity index (χ2v) is 30.3. The number of nitrogen functional groups attached to an aromatic ring is 2. The number of hydrogen-bond acceptors (Lipinski definition) is 24. The summed E-state index contributed by atoms with van der Waals surface area (Å²) in [5.41, 5.74) is 17.3. The number of esters is 1. The summed E-state index contributed by atoms with van der Waals surface area (Å²) in [4.78, 5) is 104. The molecular formula is C80H117N11O17. The minimum Gasteiger partial charge on any atom is -0.460 e. The van der Waals surface area contributed by atoms with Crippen molar-refractivity contribution in [3.63, 3.8) is 0 Å². The summed E-state index contributed by atoms with van der Waals surface area (Å²) in [5.74, 6) is -7.63. The molecule has 15 atom stereocenters. The highest BCUT2D eigenvalue weighted by Gasteiger charge is 2.53. The van der Waals surface area contributed by atoms with Crippen LogP contribution in [0.4, 0.5) is 11.8 Å². The van der Waals surface area contributed by atoms with Gasteiger partial charge in [0.1, 0.15) is 53.5 Å². The zero-order chi connectivity index (χ0) is 77.6. The summed E-state index contributed by atoms with van der Waals surface area (Å²) in [7, 11) is 4.65. The summed E-state index contributed by atoms with van der Waals surface area (Å²) < 4.78 is 57.8. The molecular weight excluding hydrogens is 1390 g/mol. The molecule has 5 aromatic rings. The van der Waals surface area contributed by atoms with Crippen LogP contribution in [-0.2, 0) is 86.4 Å². The fraction of sp³-hybridized carbons (Fsp3) is 0.662. The van der Waals surface area contributed by atoms with Crippen LogP contribution in [0.1, 0.15) is 176 Å². The number of allylic oxidation sites excluding steroid dienone is 4. The van der Waals surface area contributed by atoms with Gasteiger partial charge in [-0.3, -0.25) is 24.0 Å². The van der Waals surface area contributed by atoms with Gasteiger partial charge in [0, 0.05) is 109 Å². The second-order valence-electron chi connectivity index (χ2n) is 30.3. The van der Waals surface area contributed by atoms with Gasteiger partial charge in [-0.2, -0.15) is 10.1 Å². The first-order valence-electron chi connectivity index (χ1n) is 38.9. The van der Waals surface area contributed by atoms with Gasteiger partial charge in [0.2, 0.25) is 11.7 Å². The van der Waals surface area contributed by atoms with Crippen molar-refractivity contribution in [1.82, 2.24) is 44.5 Å². The Kier molecular flexibility index (Phi) is 31.9. The molecule has 1 aliphatic carbocycles. The van der Waals surface area contributed by atoms with Crippen LogP contribution in [-0.4, -0.2) is 200 Å². The molecule has 2 amide bonds. The van der Waals surface area contributed by atoms with Gasteiger partial charge in [0.05, 0.1) is 61.6 Å². The Morgan fingerprint density at radius 3 is 2.44 bits per heavy atom. The van der Waals surface area contributed by atoms with E-state index in [2.05, 4.69) is 38.3 Å². The number of methoxy groups -OCH3 is 3. The highest BCUT2D eigenvalue weighted by molar-refractivity contribution is 6.39. The van der Waals surface area contributed by atoms with E-state index >= 15 is 0 Å². The van der Waals surface area contributed by atoms with Crippen molar-refractivity contribution in [3.05, 3.63) is 78.2 Å². The number of nitrogens with one attached hydrogen (secondary N) is 1. The number of hydrogen-bond donors (Lipinski definition) is 5. The van der Waals surface area contributed by atoms with E-state index in [0.717, 1.165) is 55.4 Å². The largest absolute Gasteiger partial charge is 0.460 e. The summed E-state index contributed by atoms with van der Waals surface area (Å²) in [6.45, 7) is 16.7. The van der Waals surface area contributed by atoms with Crippen LogP contribution < -0.4 is 16.8 Å². The van der Waals surface area contributed by atoms with Gasteiger partial charge in [0.15, 0.2) is 17.0 Å². The Morgan fingerprint density at radius 2 is 1.65 bits per heavy atom. The minimum atomic E-state index is -2.45. The smallest absolute Gasteiger partial charge is 0.329 e. The number of aliphatic hydroxyl groups is 2. The lowest BCUT2D eigenvalue weighted by atomic mass is 9.78. The standard InChI is InChI=1S/C80H117N11O17/c1-49-20-12-11-13-21-50(2)65(100-8)43-59-27-24-55(7)80(99,108-59)74(96)77(97)90-32-16-14-22-61(90)78(98)106-66(44-62(92)51(3)39-54(6)72(95)73(102-10)71(94)53(5)38-49)52(4)40-56-25-28-64(67(41-56)101-9)105-37-36-104-46-58-45-89(48-86-58)31-19-35-103-34-18-23-68(93)83-30-15-17-33-91-76-69(75(81)84-47-85-76)70(88-91)57-26-29-63-60(42-57)87-79(82)107-63/h11,13,21,26,29,39,42,45,47-49,51-53,55-56,59,61,64-67,72-73,95,99H,12,14-20,22-25,27-28,30-38,40-41,43-44,46H2,1-10H3,(H2,82,87)(H,83,93)(H2,81,84,85)/b13-11?,50-21?,54-39+/t49-,51-,52-,53-,55-,56+,59+,61+,64-,65+,66+,67-,72-,73+,80-/m1/s1. The Hall–Kier alpha value is -7.67. The van der Waals surface area contributed by atoms with Crippen LogP contribution in [0.25, 0.3) is 33.4 Å². The Balaban J connectivity index is 0.717. The predicted molar refractivity (Wildman–Crippen MR) is 405 cm³/mol. The first-order valence-corrected chi connectivity index (χ1v) is 38.9. The maximum absolute atomic E-state index is 14.8. The van der Waals surface area contributed by atoms with Crippen molar-refractivity contribution in [2.45, 2.75) is 245 Å². The number of piperidine rings is 1. The number of aryl methyl sites for hydroxylation is 2. The van der Waals surface area contributed by atoms with Gasteiger partial charge in [0.25, 0.3) is 17.7 Å². The van der Waals surface area contributed by atoms with Gasteiger partial charge in [-0.1, -0.05) is 58.9 Å². The molecule has 7 heterocycles. The molecule has 1 aromatic carbocycles. The number of aromatic nitrogens is 7. The molecule has 0 radical (unpaired) electrons. The molecule has 4 aromatic heterocycles. The van der Waals surface area contributed by atoms with Crippen LogP contribution in [0, 0.1) is 35.5 Å². The number of amides is 2. The average molecular weight is 1500 g/mol. The fourth-order valence-corrected chi connectivity index (χ4v) is 15.6. The normalized spacial score (nSPS) is 28.2. The lowest BCUT2D eigenvalue weighted by Crippen LogP contribution is -2.61. The van der Waals surface area contributed by atoms with Crippen molar-refractivity contribution >= 4 is 69.1 Å². The lowest BCUT2D eigenvalue weighted by Gasteiger charge is -2.42. The van der Waals surface area contributed by atoms with E-state index < -0.39 is 77.8 Å². The summed E-state index contributed by atoms with van der Waals surface area (Å²) in [6, 6.07) is 4.41. The van der Waals surface area contributed by atoms with E-state index in [1.807, 2.05) is 60.5 Å². The molecule has 0 spiro atoms. The summed E-state index contributed by atoms with van der Waals surface area (Å²) in [5, 5.41) is 32.3. The number of cyclic esters (lactones) is 1. The molecule has 9 rings (SSSR count). The lowest BCUT2D eigenvalue weighted by molar-refractivity contribution is -0.265. The maximum Gasteiger partial charge on any atom is 0.329 e. The number of benzene rings is 1. The maximum atomic E-state index is 14.8. The third kappa shape index (κ3) is 22.8. The number of fused-ring (bicyclic) bond motifs is 5. The third-order valence-corrected chi connectivity index (χ3v) is 22.0. The predicted octanol–water partition coefficient (Wildman–Crippen LogP) is 9.74. The van der Waals surface area contributed by atoms with Crippen LogP contribution in [0.15, 0.2) is 76.9 Å². The monoisotopic (exact) mass is 1500 g/mol. The first-order chi connectivity index (χ1) is 51.9. The number of carbonyl (C=O) groups is 6. The second kappa shape index (κ2) is 40.9. The van der Waals surface area contributed by atoms with Gasteiger partial charge in [-0.05, 0) is 164 Å². The number of carbonyl (C=O) groups excluding carboxylic acids is 6. The molecule has 28 heteroatoms. The number of nitrogens with two attached hydrogens (primary N) is 2.